The molecule has 0 aliphatic rings. The summed E-state index contributed by atoms with van der Waals surface area (Å²) in [7, 11) is 2.00. The van der Waals surface area contributed by atoms with E-state index in [1.54, 1.807) is 0 Å². The number of hydrogen-bond donors (Lipinski definition) is 2. The molecular formula is C8H10F4O2. The molecule has 0 saturated carbocycles. The smallest absolute Gasteiger partial charge is 0.197 e. The van der Waals surface area contributed by atoms with E-state index in [1.807, 2.05) is 0 Å². The molecule has 82 valence electrons. The highest BCUT2D eigenvalue weighted by Gasteiger charge is 2.11. The molecule has 0 aliphatic carbocycles. The molecule has 0 aromatic heterocycles. The normalized spacial score (nSPS) is 8.00. The van der Waals surface area contributed by atoms with Crippen molar-refractivity contribution < 1.29 is 27.8 Å². The second-order valence-electron chi connectivity index (χ2n) is 1.66. The van der Waals surface area contributed by atoms with Crippen molar-refractivity contribution in [3.63, 3.8) is 0 Å². The molecule has 1 aromatic rings. The summed E-state index contributed by atoms with van der Waals surface area (Å²) in [6.45, 7) is 0. The monoisotopic (exact) mass is 214 g/mol. The van der Waals surface area contributed by atoms with Crippen molar-refractivity contribution >= 4 is 0 Å². The molecule has 0 heterocycles. The summed E-state index contributed by atoms with van der Waals surface area (Å²) in [6.07, 6.45) is 0. The molecule has 14 heavy (non-hydrogen) atoms. The van der Waals surface area contributed by atoms with Gasteiger partial charge in [0.15, 0.2) is 23.3 Å². The zero-order valence-corrected chi connectivity index (χ0v) is 7.56. The van der Waals surface area contributed by atoms with Crippen LogP contribution in [0.5, 0.6) is 0 Å². The third-order valence-corrected chi connectivity index (χ3v) is 0.988. The Labute approximate surface area is 78.4 Å². The van der Waals surface area contributed by atoms with E-state index in [1.165, 1.54) is 0 Å². The fourth-order valence-corrected chi connectivity index (χ4v) is 0.502. The lowest BCUT2D eigenvalue weighted by Crippen LogP contribution is -1.93. The standard InChI is InChI=1S/C6H2F4.2CH4O/c7-3-1-2-4(8)6(10)5(3)9;2*1-2/h1-2H;2*2H,1H3. The average Bonchev–Trinajstić information content (AvgIpc) is 2.26. The van der Waals surface area contributed by atoms with Gasteiger partial charge in [-0.3, -0.25) is 0 Å². The van der Waals surface area contributed by atoms with Gasteiger partial charge in [-0.1, -0.05) is 0 Å². The fraction of sp³-hybridized carbons (Fsp3) is 0.250. The summed E-state index contributed by atoms with van der Waals surface area (Å²) in [5, 5.41) is 14.0. The molecule has 0 bridgehead atoms. The Bertz CT molecular complexity index is 239. The zero-order valence-electron chi connectivity index (χ0n) is 7.56. The number of rotatable bonds is 0. The van der Waals surface area contributed by atoms with E-state index >= 15 is 0 Å². The number of halogens is 4. The van der Waals surface area contributed by atoms with Gasteiger partial charge in [-0.2, -0.15) is 0 Å². The zero-order chi connectivity index (χ0) is 11.7. The van der Waals surface area contributed by atoms with Gasteiger partial charge in [-0.15, -0.1) is 0 Å². The minimum Gasteiger partial charge on any atom is -0.400 e. The largest absolute Gasteiger partial charge is 0.400 e. The molecule has 0 amide bonds. The van der Waals surface area contributed by atoms with Gasteiger partial charge < -0.3 is 10.2 Å². The van der Waals surface area contributed by atoms with Crippen LogP contribution in [-0.4, -0.2) is 24.4 Å². The average molecular weight is 214 g/mol. The van der Waals surface area contributed by atoms with Crippen LogP contribution >= 0.6 is 0 Å². The van der Waals surface area contributed by atoms with Crippen molar-refractivity contribution in [1.82, 2.24) is 0 Å². The summed E-state index contributed by atoms with van der Waals surface area (Å²) in [6, 6.07) is 1.04. The minimum atomic E-state index is -1.78. The quantitative estimate of drug-likeness (QED) is 0.390. The molecule has 0 spiro atoms. The van der Waals surface area contributed by atoms with Gasteiger partial charge in [0.1, 0.15) is 0 Å². The van der Waals surface area contributed by atoms with E-state index < -0.39 is 23.3 Å². The van der Waals surface area contributed by atoms with Gasteiger partial charge in [0, 0.05) is 14.2 Å². The molecule has 2 N–H and O–H groups in total. The van der Waals surface area contributed by atoms with E-state index in [9.17, 15) is 17.6 Å². The predicted octanol–water partition coefficient (Wildman–Crippen LogP) is 1.46. The van der Waals surface area contributed by atoms with E-state index in [-0.39, 0.29) is 0 Å². The Hall–Kier alpha value is -1.14. The van der Waals surface area contributed by atoms with Crippen molar-refractivity contribution in [1.29, 1.82) is 0 Å². The van der Waals surface area contributed by atoms with E-state index in [2.05, 4.69) is 0 Å². The van der Waals surface area contributed by atoms with Gasteiger partial charge in [0.05, 0.1) is 0 Å². The van der Waals surface area contributed by atoms with Crippen LogP contribution in [0, 0.1) is 23.3 Å². The number of aliphatic hydroxyl groups is 2. The molecule has 2 nitrogen and oxygen atoms in total. The van der Waals surface area contributed by atoms with Gasteiger partial charge in [0.25, 0.3) is 0 Å². The maximum absolute atomic E-state index is 12.0. The van der Waals surface area contributed by atoms with Gasteiger partial charge in [-0.05, 0) is 12.1 Å². The third-order valence-electron chi connectivity index (χ3n) is 0.988. The van der Waals surface area contributed by atoms with Crippen LogP contribution in [-0.2, 0) is 0 Å². The summed E-state index contributed by atoms with van der Waals surface area (Å²) in [5.41, 5.74) is 0. The van der Waals surface area contributed by atoms with Crippen LogP contribution in [0.4, 0.5) is 17.6 Å². The van der Waals surface area contributed by atoms with Crippen molar-refractivity contribution in [2.75, 3.05) is 14.2 Å². The molecule has 0 saturated heterocycles. The maximum Gasteiger partial charge on any atom is 0.197 e. The lowest BCUT2D eigenvalue weighted by Gasteiger charge is -1.93. The predicted molar refractivity (Wildman–Crippen MR) is 42.6 cm³/mol. The maximum atomic E-state index is 12.0. The van der Waals surface area contributed by atoms with Crippen LogP contribution in [0.25, 0.3) is 0 Å². The first-order chi connectivity index (χ1) is 6.63. The Kier molecular flexibility index (Phi) is 9.27. The van der Waals surface area contributed by atoms with Crippen molar-refractivity contribution in [2.24, 2.45) is 0 Å². The van der Waals surface area contributed by atoms with Gasteiger partial charge in [0.2, 0.25) is 0 Å². The Balaban J connectivity index is 0. The first-order valence-electron chi connectivity index (χ1n) is 3.31. The van der Waals surface area contributed by atoms with E-state index in [4.69, 9.17) is 10.2 Å². The number of hydrogen-bond acceptors (Lipinski definition) is 2. The topological polar surface area (TPSA) is 40.5 Å². The van der Waals surface area contributed by atoms with Crippen LogP contribution < -0.4 is 0 Å². The van der Waals surface area contributed by atoms with E-state index in [0.717, 1.165) is 14.2 Å². The molecule has 1 aromatic carbocycles. The first-order valence-corrected chi connectivity index (χ1v) is 3.31. The molecule has 0 aliphatic heterocycles. The molecule has 0 radical (unpaired) electrons. The number of aliphatic hydroxyl groups excluding tert-OH is 2. The molecule has 6 heteroatoms. The molecular weight excluding hydrogens is 204 g/mol. The molecule has 0 unspecified atom stereocenters. The van der Waals surface area contributed by atoms with Crippen molar-refractivity contribution in [3.8, 4) is 0 Å². The number of benzene rings is 1. The summed E-state index contributed by atoms with van der Waals surface area (Å²) in [5.74, 6) is -6.34. The molecule has 1 rings (SSSR count). The third kappa shape index (κ3) is 4.20. The first kappa shape index (κ1) is 15.3. The SMILES string of the molecule is CO.CO.Fc1ccc(F)c(F)c1F. The van der Waals surface area contributed by atoms with Gasteiger partial charge in [-0.25, -0.2) is 17.6 Å². The van der Waals surface area contributed by atoms with Crippen LogP contribution in [0.2, 0.25) is 0 Å². The van der Waals surface area contributed by atoms with Crippen LogP contribution in [0.1, 0.15) is 0 Å². The second-order valence-corrected chi connectivity index (χ2v) is 1.66. The molecule has 0 atom stereocenters. The lowest BCUT2D eigenvalue weighted by atomic mass is 10.3. The highest BCUT2D eigenvalue weighted by Crippen LogP contribution is 2.12. The summed E-state index contributed by atoms with van der Waals surface area (Å²) in [4.78, 5) is 0. The second kappa shape index (κ2) is 8.46. The van der Waals surface area contributed by atoms with Crippen LogP contribution in [0.15, 0.2) is 12.1 Å². The highest BCUT2D eigenvalue weighted by atomic mass is 19.2. The van der Waals surface area contributed by atoms with Crippen LogP contribution in [0.3, 0.4) is 0 Å². The minimum absolute atomic E-state index is 0.522. The Morgan fingerprint density at radius 3 is 1.14 bits per heavy atom. The van der Waals surface area contributed by atoms with E-state index in [0.29, 0.717) is 12.1 Å². The lowest BCUT2D eigenvalue weighted by molar-refractivity contribution is 0.399. The van der Waals surface area contributed by atoms with Gasteiger partial charge >= 0.3 is 0 Å². The highest BCUT2D eigenvalue weighted by molar-refractivity contribution is 5.10. The summed E-state index contributed by atoms with van der Waals surface area (Å²) >= 11 is 0. The molecule has 0 fully saturated rings. The Morgan fingerprint density at radius 1 is 0.714 bits per heavy atom. The summed E-state index contributed by atoms with van der Waals surface area (Å²) < 4.78 is 48.0. The fourth-order valence-electron chi connectivity index (χ4n) is 0.502. The van der Waals surface area contributed by atoms with Crippen molar-refractivity contribution in [3.05, 3.63) is 35.4 Å². The van der Waals surface area contributed by atoms with Crippen molar-refractivity contribution in [2.45, 2.75) is 0 Å². The Morgan fingerprint density at radius 2 is 0.929 bits per heavy atom.